The van der Waals surface area contributed by atoms with Crippen LogP contribution in [-0.2, 0) is 0 Å². The summed E-state index contributed by atoms with van der Waals surface area (Å²) in [5.41, 5.74) is 4.02. The number of hydrogen-bond acceptors (Lipinski definition) is 2. The minimum Gasteiger partial charge on any atom is -0.313 e. The van der Waals surface area contributed by atoms with Crippen molar-refractivity contribution in [3.63, 3.8) is 0 Å². The van der Waals surface area contributed by atoms with Crippen molar-refractivity contribution < 1.29 is 0 Å². The molecule has 0 amide bonds. The van der Waals surface area contributed by atoms with E-state index in [0.29, 0.717) is 6.04 Å². The van der Waals surface area contributed by atoms with Crippen molar-refractivity contribution in [1.29, 1.82) is 0 Å². The van der Waals surface area contributed by atoms with Gasteiger partial charge in [-0.2, -0.15) is 0 Å². The predicted octanol–water partition coefficient (Wildman–Crippen LogP) is 4.74. The van der Waals surface area contributed by atoms with E-state index in [4.69, 9.17) is 0 Å². The van der Waals surface area contributed by atoms with Crippen LogP contribution < -0.4 is 5.32 Å². The topological polar surface area (TPSA) is 12.0 Å². The Hall–Kier alpha value is -1.25. The molecular formula is C17H21NS. The smallest absolute Gasteiger partial charge is 0.0300 e. The Labute approximate surface area is 120 Å². The van der Waals surface area contributed by atoms with Gasteiger partial charge in [0.25, 0.3) is 0 Å². The molecule has 19 heavy (non-hydrogen) atoms. The molecule has 0 radical (unpaired) electrons. The molecule has 1 unspecified atom stereocenters. The van der Waals surface area contributed by atoms with Crippen molar-refractivity contribution in [1.82, 2.24) is 5.32 Å². The predicted molar refractivity (Wildman–Crippen MR) is 84.0 cm³/mol. The molecule has 0 saturated carbocycles. The van der Waals surface area contributed by atoms with Gasteiger partial charge in [0.2, 0.25) is 0 Å². The van der Waals surface area contributed by atoms with Gasteiger partial charge in [-0.25, -0.2) is 0 Å². The van der Waals surface area contributed by atoms with Crippen molar-refractivity contribution in [3.8, 4) is 0 Å². The fourth-order valence-corrected chi connectivity index (χ4v) is 3.22. The largest absolute Gasteiger partial charge is 0.313 e. The summed E-state index contributed by atoms with van der Waals surface area (Å²) in [6.45, 7) is 6.51. The number of nitrogens with one attached hydrogen (secondary N) is 1. The Morgan fingerprint density at radius 1 is 1.00 bits per heavy atom. The van der Waals surface area contributed by atoms with Crippen LogP contribution in [0.25, 0.3) is 0 Å². The van der Waals surface area contributed by atoms with Crippen molar-refractivity contribution in [2.24, 2.45) is 0 Å². The molecule has 2 rings (SSSR count). The van der Waals surface area contributed by atoms with Crippen LogP contribution in [0.15, 0.2) is 52.3 Å². The molecule has 0 aliphatic rings. The second kappa shape index (κ2) is 6.27. The Morgan fingerprint density at radius 2 is 1.74 bits per heavy atom. The first-order valence-electron chi connectivity index (χ1n) is 6.63. The Morgan fingerprint density at radius 3 is 2.42 bits per heavy atom. The quantitative estimate of drug-likeness (QED) is 0.862. The molecule has 2 aromatic carbocycles. The van der Waals surface area contributed by atoms with E-state index >= 15 is 0 Å². The van der Waals surface area contributed by atoms with Gasteiger partial charge < -0.3 is 5.32 Å². The second-order valence-electron chi connectivity index (χ2n) is 4.92. The maximum Gasteiger partial charge on any atom is 0.0300 e. The lowest BCUT2D eigenvalue weighted by Gasteiger charge is -2.16. The molecule has 0 aliphatic heterocycles. The van der Waals surface area contributed by atoms with Crippen LogP contribution in [0, 0.1) is 13.8 Å². The van der Waals surface area contributed by atoms with Gasteiger partial charge in [0.15, 0.2) is 0 Å². The first kappa shape index (κ1) is 14.2. The third-order valence-electron chi connectivity index (χ3n) is 3.37. The summed E-state index contributed by atoms with van der Waals surface area (Å²) in [7, 11) is 2.00. The average molecular weight is 271 g/mol. The van der Waals surface area contributed by atoms with Crippen LogP contribution in [0.1, 0.15) is 29.7 Å². The molecule has 0 saturated heterocycles. The summed E-state index contributed by atoms with van der Waals surface area (Å²) in [5, 5.41) is 3.32. The van der Waals surface area contributed by atoms with E-state index in [2.05, 4.69) is 68.6 Å². The van der Waals surface area contributed by atoms with E-state index in [0.717, 1.165) is 0 Å². The van der Waals surface area contributed by atoms with E-state index in [-0.39, 0.29) is 0 Å². The van der Waals surface area contributed by atoms with E-state index in [9.17, 15) is 0 Å². The average Bonchev–Trinajstić information content (AvgIpc) is 2.41. The first-order valence-corrected chi connectivity index (χ1v) is 7.44. The van der Waals surface area contributed by atoms with Crippen molar-refractivity contribution in [3.05, 3.63) is 59.2 Å². The van der Waals surface area contributed by atoms with E-state index < -0.39 is 0 Å². The molecule has 2 heteroatoms. The number of aryl methyl sites for hydroxylation is 2. The van der Waals surface area contributed by atoms with Crippen LogP contribution in [0.2, 0.25) is 0 Å². The van der Waals surface area contributed by atoms with Gasteiger partial charge in [0.1, 0.15) is 0 Å². The minimum absolute atomic E-state index is 0.370. The molecule has 100 valence electrons. The van der Waals surface area contributed by atoms with Crippen molar-refractivity contribution >= 4 is 11.8 Å². The number of benzene rings is 2. The Kier molecular flexibility index (Phi) is 4.67. The normalized spacial score (nSPS) is 12.4. The summed E-state index contributed by atoms with van der Waals surface area (Å²) in [5.74, 6) is 0. The standard InChI is InChI=1S/C17H21NS/c1-12-9-10-16(13(2)11-12)19-17-8-6-5-7-15(17)14(3)18-4/h5-11,14,18H,1-4H3. The lowest BCUT2D eigenvalue weighted by Crippen LogP contribution is -2.13. The van der Waals surface area contributed by atoms with Gasteiger partial charge in [0, 0.05) is 15.8 Å². The summed E-state index contributed by atoms with van der Waals surface area (Å²) < 4.78 is 0. The van der Waals surface area contributed by atoms with E-state index in [1.54, 1.807) is 0 Å². The second-order valence-corrected chi connectivity index (χ2v) is 6.00. The highest BCUT2D eigenvalue weighted by Crippen LogP contribution is 2.35. The number of hydrogen-bond donors (Lipinski definition) is 1. The molecular weight excluding hydrogens is 250 g/mol. The van der Waals surface area contributed by atoms with Crippen LogP contribution >= 0.6 is 11.8 Å². The zero-order valence-electron chi connectivity index (χ0n) is 12.0. The lowest BCUT2D eigenvalue weighted by molar-refractivity contribution is 0.641. The van der Waals surface area contributed by atoms with Gasteiger partial charge in [-0.05, 0) is 51.1 Å². The van der Waals surface area contributed by atoms with Crippen LogP contribution in [-0.4, -0.2) is 7.05 Å². The van der Waals surface area contributed by atoms with Crippen molar-refractivity contribution in [2.75, 3.05) is 7.05 Å². The minimum atomic E-state index is 0.370. The van der Waals surface area contributed by atoms with Gasteiger partial charge in [-0.1, -0.05) is 47.7 Å². The summed E-state index contributed by atoms with van der Waals surface area (Å²) in [6, 6.07) is 15.6. The molecule has 1 atom stereocenters. The van der Waals surface area contributed by atoms with Crippen LogP contribution in [0.3, 0.4) is 0 Å². The van der Waals surface area contributed by atoms with Crippen LogP contribution in [0.4, 0.5) is 0 Å². The van der Waals surface area contributed by atoms with Gasteiger partial charge in [-0.3, -0.25) is 0 Å². The summed E-state index contributed by atoms with van der Waals surface area (Å²) >= 11 is 1.85. The Bertz CT molecular complexity index is 563. The molecule has 0 heterocycles. The molecule has 0 bridgehead atoms. The molecule has 1 nitrogen and oxygen atoms in total. The fourth-order valence-electron chi connectivity index (χ4n) is 2.12. The van der Waals surface area contributed by atoms with Crippen LogP contribution in [0.5, 0.6) is 0 Å². The zero-order valence-corrected chi connectivity index (χ0v) is 12.8. The molecule has 0 aromatic heterocycles. The highest BCUT2D eigenvalue weighted by atomic mass is 32.2. The van der Waals surface area contributed by atoms with Gasteiger partial charge in [0.05, 0.1) is 0 Å². The molecule has 2 aromatic rings. The maximum absolute atomic E-state index is 3.32. The zero-order chi connectivity index (χ0) is 13.8. The highest BCUT2D eigenvalue weighted by molar-refractivity contribution is 7.99. The van der Waals surface area contributed by atoms with Gasteiger partial charge >= 0.3 is 0 Å². The monoisotopic (exact) mass is 271 g/mol. The van der Waals surface area contributed by atoms with Crippen molar-refractivity contribution in [2.45, 2.75) is 36.6 Å². The molecule has 0 aliphatic carbocycles. The molecule has 0 spiro atoms. The van der Waals surface area contributed by atoms with E-state index in [1.807, 2.05) is 18.8 Å². The Balaban J connectivity index is 2.33. The number of rotatable bonds is 4. The highest BCUT2D eigenvalue weighted by Gasteiger charge is 2.10. The van der Waals surface area contributed by atoms with Gasteiger partial charge in [-0.15, -0.1) is 0 Å². The summed E-state index contributed by atoms with van der Waals surface area (Å²) in [4.78, 5) is 2.66. The molecule has 1 N–H and O–H groups in total. The summed E-state index contributed by atoms with van der Waals surface area (Å²) in [6.07, 6.45) is 0. The first-order chi connectivity index (χ1) is 9.11. The lowest BCUT2D eigenvalue weighted by atomic mass is 10.1. The van der Waals surface area contributed by atoms with E-state index in [1.165, 1.54) is 26.5 Å². The SMILES string of the molecule is CNC(C)c1ccccc1Sc1ccc(C)cc1C. The third kappa shape index (κ3) is 3.40. The molecule has 0 fully saturated rings. The fraction of sp³-hybridized carbons (Fsp3) is 0.294. The maximum atomic E-state index is 3.32. The third-order valence-corrected chi connectivity index (χ3v) is 4.64.